The van der Waals surface area contributed by atoms with E-state index >= 15 is 0 Å². The van der Waals surface area contributed by atoms with E-state index in [0.717, 1.165) is 11.3 Å². The minimum Gasteiger partial charge on any atom is -0.497 e. The molecule has 0 saturated carbocycles. The van der Waals surface area contributed by atoms with Gasteiger partial charge in [0.2, 0.25) is 0 Å². The molecule has 0 spiro atoms. The van der Waals surface area contributed by atoms with Crippen LogP contribution < -0.4 is 21.1 Å². The van der Waals surface area contributed by atoms with Crippen molar-refractivity contribution in [3.63, 3.8) is 0 Å². The first kappa shape index (κ1) is 15.0. The van der Waals surface area contributed by atoms with Gasteiger partial charge in [0, 0.05) is 13.1 Å². The van der Waals surface area contributed by atoms with E-state index < -0.39 is 11.8 Å². The number of benzene rings is 1. The lowest BCUT2D eigenvalue weighted by Crippen LogP contribution is -2.42. The van der Waals surface area contributed by atoms with Crippen LogP contribution in [0.3, 0.4) is 0 Å². The Morgan fingerprint density at radius 2 is 1.89 bits per heavy atom. The lowest BCUT2D eigenvalue weighted by Gasteiger charge is -2.14. The maximum absolute atomic E-state index is 11.6. The van der Waals surface area contributed by atoms with Crippen molar-refractivity contribution in [2.75, 3.05) is 20.2 Å². The molecule has 0 bridgehead atoms. The monoisotopic (exact) mass is 265 g/mol. The standard InChI is InChI=1S/C13H19N3O3/c1-9(10-3-5-11(19-2)6-4-10)16-13(18)12(17)15-8-7-14/h3-6,9H,7-8,14H2,1-2H3,(H,15,17)(H,16,18). The van der Waals surface area contributed by atoms with Gasteiger partial charge in [0.05, 0.1) is 13.2 Å². The van der Waals surface area contributed by atoms with Gasteiger partial charge < -0.3 is 21.1 Å². The summed E-state index contributed by atoms with van der Waals surface area (Å²) in [4.78, 5) is 22.9. The number of methoxy groups -OCH3 is 1. The molecule has 0 heterocycles. The van der Waals surface area contributed by atoms with Crippen molar-refractivity contribution in [2.24, 2.45) is 5.73 Å². The van der Waals surface area contributed by atoms with Crippen LogP contribution in [0.2, 0.25) is 0 Å². The summed E-state index contributed by atoms with van der Waals surface area (Å²) in [6.07, 6.45) is 0. The van der Waals surface area contributed by atoms with Crippen LogP contribution in [0.5, 0.6) is 5.75 Å². The Balaban J connectivity index is 2.55. The Labute approximate surface area is 112 Å². The zero-order valence-electron chi connectivity index (χ0n) is 11.1. The molecule has 0 radical (unpaired) electrons. The first-order valence-electron chi connectivity index (χ1n) is 6.01. The average molecular weight is 265 g/mol. The second kappa shape index (κ2) is 7.38. The fourth-order valence-electron chi connectivity index (χ4n) is 1.50. The SMILES string of the molecule is COc1ccc(C(C)NC(=O)C(=O)NCCN)cc1. The van der Waals surface area contributed by atoms with Crippen LogP contribution in [0.4, 0.5) is 0 Å². The van der Waals surface area contributed by atoms with E-state index in [2.05, 4.69) is 10.6 Å². The number of rotatable bonds is 5. The number of hydrogen-bond acceptors (Lipinski definition) is 4. The van der Waals surface area contributed by atoms with Crippen LogP contribution in [-0.4, -0.2) is 32.0 Å². The van der Waals surface area contributed by atoms with E-state index in [4.69, 9.17) is 10.5 Å². The number of nitrogens with one attached hydrogen (secondary N) is 2. The Hall–Kier alpha value is -2.08. The molecule has 1 aromatic rings. The first-order valence-corrected chi connectivity index (χ1v) is 6.01. The quantitative estimate of drug-likeness (QED) is 0.651. The highest BCUT2D eigenvalue weighted by molar-refractivity contribution is 6.35. The molecular weight excluding hydrogens is 246 g/mol. The lowest BCUT2D eigenvalue weighted by atomic mass is 10.1. The predicted molar refractivity (Wildman–Crippen MR) is 71.6 cm³/mol. The van der Waals surface area contributed by atoms with Crippen molar-refractivity contribution in [3.8, 4) is 5.75 Å². The molecule has 0 aliphatic heterocycles. The summed E-state index contributed by atoms with van der Waals surface area (Å²) in [5, 5.41) is 5.02. The molecule has 19 heavy (non-hydrogen) atoms. The second-order valence-corrected chi connectivity index (χ2v) is 4.01. The van der Waals surface area contributed by atoms with Crippen molar-refractivity contribution in [3.05, 3.63) is 29.8 Å². The highest BCUT2D eigenvalue weighted by atomic mass is 16.5. The van der Waals surface area contributed by atoms with Gasteiger partial charge in [0.25, 0.3) is 0 Å². The van der Waals surface area contributed by atoms with Gasteiger partial charge in [-0.1, -0.05) is 12.1 Å². The third kappa shape index (κ3) is 4.59. The molecule has 0 aromatic heterocycles. The molecule has 6 nitrogen and oxygen atoms in total. The Morgan fingerprint density at radius 1 is 1.26 bits per heavy atom. The molecule has 0 aliphatic carbocycles. The summed E-state index contributed by atoms with van der Waals surface area (Å²) < 4.78 is 5.05. The summed E-state index contributed by atoms with van der Waals surface area (Å²) in [6.45, 7) is 2.38. The number of hydrogen-bond donors (Lipinski definition) is 3. The minimum atomic E-state index is -0.675. The molecule has 1 unspecified atom stereocenters. The molecule has 104 valence electrons. The van der Waals surface area contributed by atoms with Crippen molar-refractivity contribution >= 4 is 11.8 Å². The smallest absolute Gasteiger partial charge is 0.309 e. The van der Waals surface area contributed by atoms with Crippen molar-refractivity contribution in [2.45, 2.75) is 13.0 Å². The average Bonchev–Trinajstić information content (AvgIpc) is 2.44. The van der Waals surface area contributed by atoms with E-state index in [0.29, 0.717) is 6.54 Å². The summed E-state index contributed by atoms with van der Waals surface area (Å²) in [6, 6.07) is 7.00. The van der Waals surface area contributed by atoms with E-state index in [1.807, 2.05) is 12.1 Å². The predicted octanol–water partition coefficient (Wildman–Crippen LogP) is -0.0527. The van der Waals surface area contributed by atoms with Gasteiger partial charge in [-0.05, 0) is 24.6 Å². The highest BCUT2D eigenvalue weighted by Crippen LogP contribution is 2.16. The largest absolute Gasteiger partial charge is 0.497 e. The van der Waals surface area contributed by atoms with Crippen LogP contribution in [0.25, 0.3) is 0 Å². The molecule has 1 rings (SSSR count). The Bertz CT molecular complexity index is 431. The van der Waals surface area contributed by atoms with Crippen LogP contribution in [-0.2, 0) is 9.59 Å². The third-order valence-corrected chi connectivity index (χ3v) is 2.60. The number of ether oxygens (including phenoxy) is 1. The van der Waals surface area contributed by atoms with Gasteiger partial charge in [0.15, 0.2) is 0 Å². The van der Waals surface area contributed by atoms with Crippen LogP contribution in [0, 0.1) is 0 Å². The fraction of sp³-hybridized carbons (Fsp3) is 0.385. The zero-order valence-corrected chi connectivity index (χ0v) is 11.1. The van der Waals surface area contributed by atoms with Gasteiger partial charge in [-0.15, -0.1) is 0 Å². The van der Waals surface area contributed by atoms with E-state index in [-0.39, 0.29) is 12.6 Å². The lowest BCUT2D eigenvalue weighted by molar-refractivity contribution is -0.139. The summed E-state index contributed by atoms with van der Waals surface area (Å²) in [5.74, 6) is -0.606. The summed E-state index contributed by atoms with van der Waals surface area (Å²) in [7, 11) is 1.59. The normalized spacial score (nSPS) is 11.5. The van der Waals surface area contributed by atoms with Gasteiger partial charge in [-0.2, -0.15) is 0 Å². The maximum atomic E-state index is 11.6. The highest BCUT2D eigenvalue weighted by Gasteiger charge is 2.16. The summed E-state index contributed by atoms with van der Waals surface area (Å²) in [5.41, 5.74) is 6.13. The Morgan fingerprint density at radius 3 is 2.42 bits per heavy atom. The van der Waals surface area contributed by atoms with Gasteiger partial charge in [0.1, 0.15) is 5.75 Å². The Kier molecular flexibility index (Phi) is 5.81. The molecule has 0 saturated heterocycles. The molecule has 0 aliphatic rings. The minimum absolute atomic E-state index is 0.262. The number of carbonyl (C=O) groups is 2. The van der Waals surface area contributed by atoms with Crippen molar-refractivity contribution in [1.82, 2.24) is 10.6 Å². The van der Waals surface area contributed by atoms with Gasteiger partial charge in [-0.25, -0.2) is 0 Å². The summed E-state index contributed by atoms with van der Waals surface area (Å²) >= 11 is 0. The topological polar surface area (TPSA) is 93.4 Å². The fourth-order valence-corrected chi connectivity index (χ4v) is 1.50. The number of nitrogens with two attached hydrogens (primary N) is 1. The molecule has 2 amide bonds. The van der Waals surface area contributed by atoms with Crippen LogP contribution in [0.1, 0.15) is 18.5 Å². The van der Waals surface area contributed by atoms with Crippen LogP contribution >= 0.6 is 0 Å². The van der Waals surface area contributed by atoms with Gasteiger partial charge >= 0.3 is 11.8 Å². The van der Waals surface area contributed by atoms with Crippen molar-refractivity contribution < 1.29 is 14.3 Å². The molecular formula is C13H19N3O3. The number of amides is 2. The second-order valence-electron chi connectivity index (χ2n) is 4.01. The first-order chi connectivity index (χ1) is 9.08. The van der Waals surface area contributed by atoms with E-state index in [9.17, 15) is 9.59 Å². The number of carbonyl (C=O) groups excluding carboxylic acids is 2. The molecule has 6 heteroatoms. The van der Waals surface area contributed by atoms with Crippen LogP contribution in [0.15, 0.2) is 24.3 Å². The molecule has 4 N–H and O–H groups in total. The molecule has 1 aromatic carbocycles. The maximum Gasteiger partial charge on any atom is 0.309 e. The van der Waals surface area contributed by atoms with E-state index in [1.165, 1.54) is 0 Å². The van der Waals surface area contributed by atoms with Crippen molar-refractivity contribution in [1.29, 1.82) is 0 Å². The van der Waals surface area contributed by atoms with Gasteiger partial charge in [-0.3, -0.25) is 9.59 Å². The zero-order chi connectivity index (χ0) is 14.3. The molecule has 0 fully saturated rings. The van der Waals surface area contributed by atoms with E-state index in [1.54, 1.807) is 26.2 Å². The third-order valence-electron chi connectivity index (χ3n) is 2.60. The molecule has 1 atom stereocenters.